The Hall–Kier alpha value is -7.33. The largest absolute Gasteiger partial charge is 2.00 e. The summed E-state index contributed by atoms with van der Waals surface area (Å²) < 4.78 is 0. The van der Waals surface area contributed by atoms with Crippen molar-refractivity contribution >= 4 is 23.6 Å². The fraction of sp³-hybridized carbons (Fsp3) is 0.413. The molecule has 6 N–H and O–H groups in total. The summed E-state index contributed by atoms with van der Waals surface area (Å²) in [5, 5.41) is 19.6. The number of nitrogens with one attached hydrogen (secondary N) is 6. The van der Waals surface area contributed by atoms with E-state index in [1.807, 2.05) is 114 Å². The minimum Gasteiger partial charge on any atom is -0.356 e. The van der Waals surface area contributed by atoms with Gasteiger partial charge in [-0.25, -0.2) is 0 Å². The van der Waals surface area contributed by atoms with Crippen molar-refractivity contribution in [1.82, 2.24) is 41.7 Å². The number of aryl methyl sites for hydroxylation is 4. The number of nitrogens with zero attached hydrogens (tertiary/aromatic N) is 2. The van der Waals surface area contributed by atoms with Crippen LogP contribution in [-0.2, 0) is 52.4 Å². The molecule has 566 valence electrons. The fourth-order valence-electron chi connectivity index (χ4n) is 13.0. The maximum atomic E-state index is 13.7. The van der Waals surface area contributed by atoms with Crippen molar-refractivity contribution in [2.24, 2.45) is 0 Å². The van der Waals surface area contributed by atoms with E-state index in [4.69, 9.17) is 0 Å². The Kier molecular flexibility index (Phi) is 38.2. The first-order valence-corrected chi connectivity index (χ1v) is 37.5. The molecular formula is C92H126N8O4Zr2. The minimum absolute atomic E-state index is 0. The van der Waals surface area contributed by atoms with Crippen LogP contribution in [0.2, 0.25) is 0 Å². The molecule has 2 heterocycles. The number of rotatable bonds is 20. The van der Waals surface area contributed by atoms with Crippen molar-refractivity contribution in [2.75, 3.05) is 28.2 Å². The van der Waals surface area contributed by atoms with Crippen molar-refractivity contribution in [1.29, 1.82) is 0 Å². The second-order valence-corrected chi connectivity index (χ2v) is 31.1. The van der Waals surface area contributed by atoms with Gasteiger partial charge in [-0.15, -0.1) is 37.4 Å². The maximum absolute atomic E-state index is 13.7. The standard InChI is InChI=1S/2C37H51N3O2.2C9H12N.2Zr/c2*1-20(2)28-16-24(9)17-29(21(3)4)34(28)36(41)38-26(11)32-14-13-15-33(40-32)27(12)39-37(42)35-30(22(5)6)18-25(10)19-31(35)23(7)8;2*1-10(2)8-9-6-4-3-5-7-9;;/h2*13-14,16-23,40H,15H2,1-12H3,(H,38,41)(H,39,42);2*3-8H,1-2H3;;/q;;2*-1;;+2. The van der Waals surface area contributed by atoms with E-state index in [9.17, 15) is 19.2 Å². The average molecular weight is 1590 g/mol. The van der Waals surface area contributed by atoms with E-state index >= 15 is 0 Å². The Morgan fingerprint density at radius 2 is 0.547 bits per heavy atom. The van der Waals surface area contributed by atoms with Crippen LogP contribution >= 0.6 is 0 Å². The zero-order valence-electron chi connectivity index (χ0n) is 69.4. The summed E-state index contributed by atoms with van der Waals surface area (Å²) in [6.45, 7) is 54.3. The Labute approximate surface area is 678 Å². The van der Waals surface area contributed by atoms with Crippen molar-refractivity contribution < 1.29 is 71.6 Å². The third-order valence-electron chi connectivity index (χ3n) is 18.4. The van der Waals surface area contributed by atoms with Crippen LogP contribution in [0.1, 0.15) is 318 Å². The zero-order valence-corrected chi connectivity index (χ0v) is 74.3. The molecule has 0 radical (unpaired) electrons. The molecule has 0 bridgehead atoms. The Morgan fingerprint density at radius 3 is 0.736 bits per heavy atom. The molecule has 0 saturated heterocycles. The molecule has 14 heteroatoms. The van der Waals surface area contributed by atoms with Crippen LogP contribution in [0.25, 0.3) is 0 Å². The Bertz CT molecular complexity index is 3780. The quantitative estimate of drug-likeness (QED) is 0.0414. The molecule has 106 heavy (non-hydrogen) atoms. The van der Waals surface area contributed by atoms with E-state index in [0.29, 0.717) is 12.8 Å². The van der Waals surface area contributed by atoms with Gasteiger partial charge in [0.25, 0.3) is 23.6 Å². The average Bonchev–Trinajstić information content (AvgIpc) is 0.810. The number of hydrogen-bond donors (Lipinski definition) is 6. The van der Waals surface area contributed by atoms with Crippen LogP contribution in [0, 0.1) is 40.8 Å². The first-order valence-electron chi connectivity index (χ1n) is 37.5. The van der Waals surface area contributed by atoms with Gasteiger partial charge >= 0.3 is 26.2 Å². The number of amides is 4. The predicted octanol–water partition coefficient (Wildman–Crippen LogP) is 21.4. The van der Waals surface area contributed by atoms with Crippen molar-refractivity contribution in [2.45, 2.75) is 226 Å². The van der Waals surface area contributed by atoms with Gasteiger partial charge in [0.1, 0.15) is 0 Å². The number of hydrogen-bond acceptors (Lipinski definition) is 8. The van der Waals surface area contributed by atoms with E-state index in [-0.39, 0.29) is 123 Å². The van der Waals surface area contributed by atoms with Gasteiger partial charge in [0.15, 0.2) is 0 Å². The topological polar surface area (TPSA) is 147 Å². The van der Waals surface area contributed by atoms with Gasteiger partial charge in [0, 0.05) is 95.5 Å². The number of allylic oxidation sites excluding steroid dienone is 8. The van der Waals surface area contributed by atoms with Crippen LogP contribution in [0.15, 0.2) is 179 Å². The van der Waals surface area contributed by atoms with Gasteiger partial charge in [0.05, 0.1) is 11.4 Å². The maximum Gasteiger partial charge on any atom is 2.00 e. The minimum atomic E-state index is -0.0921. The van der Waals surface area contributed by atoms with Gasteiger partial charge in [-0.1, -0.05) is 206 Å². The molecule has 12 nitrogen and oxygen atoms in total. The van der Waals surface area contributed by atoms with E-state index in [0.717, 1.165) is 112 Å². The van der Waals surface area contributed by atoms with Gasteiger partial charge in [-0.3, -0.25) is 19.2 Å². The molecule has 0 aromatic heterocycles. The van der Waals surface area contributed by atoms with Crippen LogP contribution in [0.4, 0.5) is 0 Å². The molecule has 6 aromatic rings. The van der Waals surface area contributed by atoms with Gasteiger partial charge < -0.3 is 41.7 Å². The van der Waals surface area contributed by atoms with Crippen molar-refractivity contribution in [3.63, 3.8) is 0 Å². The van der Waals surface area contributed by atoms with Crippen LogP contribution in [0.5, 0.6) is 0 Å². The second kappa shape index (κ2) is 43.6. The van der Waals surface area contributed by atoms with E-state index < -0.39 is 0 Å². The van der Waals surface area contributed by atoms with E-state index in [1.165, 1.54) is 33.4 Å². The SMILES string of the molecule is CC(NC(=O)c1c(C(C)C)cc(C)cc1C(C)C)=C1C=CCC(=C(C)NC(=O)c2c(C(C)C)cc(C)cc2C(C)C)N1.CC(NC(=O)c1c(C(C)C)cc(C)cc1C(C)C)=C1C=CCC(=C(C)NC(=O)c2c(C(C)C)cc(C)cc2C(C)C)N1.CN(C)[CH-]c1ccccc1.CN(C)[CH-]c1ccccc1.[Zr+2].[Zr]. The Balaban J connectivity index is 0.000000427. The molecule has 8 rings (SSSR count). The molecule has 0 aliphatic carbocycles. The summed E-state index contributed by atoms with van der Waals surface area (Å²) >= 11 is 0. The van der Waals surface area contributed by atoms with Crippen LogP contribution < -0.4 is 31.9 Å². The fourth-order valence-corrected chi connectivity index (χ4v) is 13.0. The molecule has 0 unspecified atom stereocenters. The summed E-state index contributed by atoms with van der Waals surface area (Å²) in [4.78, 5) is 58.9. The first-order chi connectivity index (χ1) is 48.8. The van der Waals surface area contributed by atoms with Gasteiger partial charge in [0.2, 0.25) is 0 Å². The normalized spacial score (nSPS) is 14.4. The molecular weight excluding hydrogens is 1460 g/mol. The smallest absolute Gasteiger partial charge is 0.356 e. The number of carbonyl (C=O) groups is 4. The molecule has 4 amide bonds. The second-order valence-electron chi connectivity index (χ2n) is 31.1. The summed E-state index contributed by atoms with van der Waals surface area (Å²) in [5.41, 5.74) is 25.3. The molecule has 0 saturated carbocycles. The van der Waals surface area contributed by atoms with Crippen molar-refractivity contribution in [3.8, 4) is 0 Å². The third-order valence-corrected chi connectivity index (χ3v) is 18.4. The molecule has 0 spiro atoms. The van der Waals surface area contributed by atoms with Crippen LogP contribution in [0.3, 0.4) is 0 Å². The summed E-state index contributed by atoms with van der Waals surface area (Å²) in [5.74, 6) is 1.48. The van der Waals surface area contributed by atoms with Gasteiger partial charge in [-0.2, -0.15) is 35.4 Å². The van der Waals surface area contributed by atoms with Crippen molar-refractivity contribution in [3.05, 3.63) is 292 Å². The molecule has 0 atom stereocenters. The molecule has 0 fully saturated rings. The summed E-state index contributed by atoms with van der Waals surface area (Å²) in [6, 6.07) is 37.6. The monoisotopic (exact) mass is 1590 g/mol. The Morgan fingerprint density at radius 1 is 0.349 bits per heavy atom. The molecule has 2 aliphatic heterocycles. The molecule has 6 aromatic carbocycles. The van der Waals surface area contributed by atoms with Gasteiger partial charge in [-0.05, 0) is 188 Å². The summed E-state index contributed by atoms with van der Waals surface area (Å²) in [6.07, 6.45) is 9.41. The number of benzene rings is 6. The number of carbonyl (C=O) groups excluding carboxylic acids is 4. The van der Waals surface area contributed by atoms with Crippen LogP contribution in [-0.4, -0.2) is 61.6 Å². The first kappa shape index (κ1) is 92.9. The van der Waals surface area contributed by atoms with E-state index in [1.54, 1.807) is 0 Å². The predicted molar refractivity (Wildman–Crippen MR) is 439 cm³/mol. The molecule has 2 aliphatic rings. The van der Waals surface area contributed by atoms with E-state index in [2.05, 4.69) is 268 Å². The zero-order chi connectivity index (χ0) is 77.7. The third kappa shape index (κ3) is 27.1. The summed E-state index contributed by atoms with van der Waals surface area (Å²) in [7, 11) is 8.08.